The maximum Gasteiger partial charge on any atom is 0.185 e. The topological polar surface area (TPSA) is 12.0 Å². The molecule has 0 bridgehead atoms. The minimum atomic E-state index is -1.42. The van der Waals surface area contributed by atoms with Gasteiger partial charge < -0.3 is 5.32 Å². The normalized spacial score (nSPS) is 10.3. The third-order valence-corrected chi connectivity index (χ3v) is 1.97. The number of rotatable bonds is 4. The smallest absolute Gasteiger partial charge is 0.185 e. The van der Waals surface area contributed by atoms with Crippen LogP contribution >= 0.6 is 0 Å². The lowest BCUT2D eigenvalue weighted by molar-refractivity contribution is 0.458. The van der Waals surface area contributed by atoms with Crippen LogP contribution in [-0.4, -0.2) is 6.54 Å². The number of nitrogens with one attached hydrogen (secondary N) is 1. The maximum atomic E-state index is 13.1. The van der Waals surface area contributed by atoms with Crippen LogP contribution in [0, 0.1) is 23.3 Å². The van der Waals surface area contributed by atoms with Gasteiger partial charge in [0, 0.05) is 12.6 Å². The third-order valence-electron chi connectivity index (χ3n) is 1.97. The fourth-order valence-corrected chi connectivity index (χ4v) is 1.13. The van der Waals surface area contributed by atoms with Crippen LogP contribution in [0.3, 0.4) is 0 Å². The van der Waals surface area contributed by atoms with Gasteiger partial charge in [0.15, 0.2) is 23.3 Å². The van der Waals surface area contributed by atoms with Gasteiger partial charge in [0.2, 0.25) is 0 Å². The predicted molar refractivity (Wildman–Crippen MR) is 54.2 cm³/mol. The molecule has 0 aromatic heterocycles. The molecule has 0 heterocycles. The van der Waals surface area contributed by atoms with Crippen LogP contribution in [0.1, 0.15) is 13.3 Å². The first kappa shape index (κ1) is 12.5. The number of hydrogen-bond donors (Lipinski definition) is 1. The summed E-state index contributed by atoms with van der Waals surface area (Å²) < 4.78 is 51.7. The summed E-state index contributed by atoms with van der Waals surface area (Å²) >= 11 is 0. The van der Waals surface area contributed by atoms with Gasteiger partial charge >= 0.3 is 0 Å². The summed E-state index contributed by atoms with van der Waals surface area (Å²) in [5, 5.41) is 2.30. The lowest BCUT2D eigenvalue weighted by Gasteiger charge is -2.09. The second-order valence-corrected chi connectivity index (χ2v) is 3.48. The zero-order chi connectivity index (χ0) is 12.3. The van der Waals surface area contributed by atoms with E-state index >= 15 is 0 Å². The Morgan fingerprint density at radius 1 is 1.19 bits per heavy atom. The minimum absolute atomic E-state index is 0.159. The first-order valence-corrected chi connectivity index (χ1v) is 4.64. The highest BCUT2D eigenvalue weighted by Gasteiger charge is 2.18. The van der Waals surface area contributed by atoms with Gasteiger partial charge in [-0.15, -0.1) is 6.58 Å². The first-order valence-electron chi connectivity index (χ1n) is 4.64. The molecule has 1 aromatic rings. The van der Waals surface area contributed by atoms with Gasteiger partial charge in [0.05, 0.1) is 0 Å². The number of halogens is 4. The molecule has 88 valence electrons. The van der Waals surface area contributed by atoms with E-state index in [1.165, 1.54) is 0 Å². The zero-order valence-electron chi connectivity index (χ0n) is 8.71. The minimum Gasteiger partial charge on any atom is -0.380 e. The second-order valence-electron chi connectivity index (χ2n) is 3.48. The van der Waals surface area contributed by atoms with E-state index in [2.05, 4.69) is 11.9 Å². The maximum absolute atomic E-state index is 13.1. The molecule has 0 aliphatic rings. The van der Waals surface area contributed by atoms with Crippen LogP contribution in [0.25, 0.3) is 0 Å². The van der Waals surface area contributed by atoms with Crippen molar-refractivity contribution in [1.29, 1.82) is 0 Å². The first-order chi connectivity index (χ1) is 7.43. The van der Waals surface area contributed by atoms with Gasteiger partial charge in [0.1, 0.15) is 5.69 Å². The Kier molecular flexibility index (Phi) is 3.93. The van der Waals surface area contributed by atoms with Crippen LogP contribution < -0.4 is 5.32 Å². The summed E-state index contributed by atoms with van der Waals surface area (Å²) in [4.78, 5) is 0. The molecule has 0 aliphatic carbocycles. The Hall–Kier alpha value is -1.52. The molecule has 1 N–H and O–H groups in total. The van der Waals surface area contributed by atoms with Crippen molar-refractivity contribution in [2.75, 3.05) is 11.9 Å². The van der Waals surface area contributed by atoms with E-state index in [4.69, 9.17) is 0 Å². The van der Waals surface area contributed by atoms with E-state index in [1.807, 2.05) is 0 Å². The molecule has 0 aliphatic heterocycles. The molecule has 1 aromatic carbocycles. The molecule has 5 heteroatoms. The van der Waals surface area contributed by atoms with Crippen LogP contribution in [0.15, 0.2) is 18.2 Å². The van der Waals surface area contributed by atoms with Crippen molar-refractivity contribution in [2.45, 2.75) is 13.3 Å². The Morgan fingerprint density at radius 2 is 1.69 bits per heavy atom. The molecule has 0 unspecified atom stereocenters. The van der Waals surface area contributed by atoms with E-state index in [9.17, 15) is 17.6 Å². The van der Waals surface area contributed by atoms with E-state index in [0.29, 0.717) is 6.42 Å². The van der Waals surface area contributed by atoms with Crippen molar-refractivity contribution < 1.29 is 17.6 Å². The van der Waals surface area contributed by atoms with Gasteiger partial charge in [0.25, 0.3) is 0 Å². The van der Waals surface area contributed by atoms with Crippen molar-refractivity contribution in [3.8, 4) is 0 Å². The predicted octanol–water partition coefficient (Wildman–Crippen LogP) is 3.62. The summed E-state index contributed by atoms with van der Waals surface area (Å²) in [5.41, 5.74) is 0.0175. The van der Waals surface area contributed by atoms with Crippen molar-refractivity contribution in [3.63, 3.8) is 0 Å². The molecule has 0 amide bonds. The molecule has 0 atom stereocenters. The highest BCUT2D eigenvalue weighted by molar-refractivity contribution is 5.47. The van der Waals surface area contributed by atoms with Crippen LogP contribution in [0.4, 0.5) is 23.2 Å². The van der Waals surface area contributed by atoms with Gasteiger partial charge in [-0.25, -0.2) is 17.6 Å². The van der Waals surface area contributed by atoms with E-state index < -0.39 is 29.0 Å². The highest BCUT2D eigenvalue weighted by Crippen LogP contribution is 2.24. The summed E-state index contributed by atoms with van der Waals surface area (Å²) in [6.07, 6.45) is 0.455. The Morgan fingerprint density at radius 3 is 2.12 bits per heavy atom. The summed E-state index contributed by atoms with van der Waals surface area (Å²) in [5.74, 6) is -5.67. The molecular formula is C11H11F4N. The molecule has 0 radical (unpaired) electrons. The Labute approximate surface area is 90.8 Å². The zero-order valence-corrected chi connectivity index (χ0v) is 8.71. The number of hydrogen-bond acceptors (Lipinski definition) is 1. The average Bonchev–Trinajstić information content (AvgIpc) is 2.20. The van der Waals surface area contributed by atoms with Gasteiger partial charge in [-0.05, 0) is 13.3 Å². The van der Waals surface area contributed by atoms with Gasteiger partial charge in [-0.3, -0.25) is 0 Å². The monoisotopic (exact) mass is 233 g/mol. The van der Waals surface area contributed by atoms with E-state index in [-0.39, 0.29) is 12.6 Å². The molecule has 1 rings (SSSR count). The Bertz CT molecular complexity index is 389. The third kappa shape index (κ3) is 2.74. The SMILES string of the molecule is C=C(C)CCNc1c(F)c(F)cc(F)c1F. The fourth-order valence-electron chi connectivity index (χ4n) is 1.13. The standard InChI is InChI=1S/C11H11F4N/c1-6(2)3-4-16-11-9(14)7(12)5-8(13)10(11)15/h5,16H,1,3-4H2,2H3. The molecule has 1 nitrogen and oxygen atoms in total. The van der Waals surface area contributed by atoms with Crippen molar-refractivity contribution >= 4 is 5.69 Å². The number of anilines is 1. The average molecular weight is 233 g/mol. The summed E-state index contributed by atoms with van der Waals surface area (Å²) in [6.45, 7) is 5.49. The largest absolute Gasteiger partial charge is 0.380 e. The van der Waals surface area contributed by atoms with E-state index in [1.54, 1.807) is 6.92 Å². The summed E-state index contributed by atoms with van der Waals surface area (Å²) in [7, 11) is 0. The molecule has 0 spiro atoms. The fraction of sp³-hybridized carbons (Fsp3) is 0.273. The summed E-state index contributed by atoms with van der Waals surface area (Å²) in [6, 6.07) is 0.175. The van der Waals surface area contributed by atoms with Gasteiger partial charge in [-0.2, -0.15) is 0 Å². The quantitative estimate of drug-likeness (QED) is 0.475. The second kappa shape index (κ2) is 5.01. The molecule has 16 heavy (non-hydrogen) atoms. The van der Waals surface area contributed by atoms with Gasteiger partial charge in [-0.1, -0.05) is 5.57 Å². The van der Waals surface area contributed by atoms with Crippen molar-refractivity contribution in [1.82, 2.24) is 0 Å². The Balaban J connectivity index is 2.90. The van der Waals surface area contributed by atoms with Crippen molar-refractivity contribution in [2.24, 2.45) is 0 Å². The number of benzene rings is 1. The highest BCUT2D eigenvalue weighted by atomic mass is 19.2. The van der Waals surface area contributed by atoms with E-state index in [0.717, 1.165) is 5.57 Å². The van der Waals surface area contributed by atoms with Crippen molar-refractivity contribution in [3.05, 3.63) is 41.5 Å². The molecule has 0 saturated carbocycles. The van der Waals surface area contributed by atoms with Crippen LogP contribution in [-0.2, 0) is 0 Å². The lowest BCUT2D eigenvalue weighted by Crippen LogP contribution is -2.08. The van der Waals surface area contributed by atoms with Crippen LogP contribution in [0.5, 0.6) is 0 Å². The van der Waals surface area contributed by atoms with Crippen LogP contribution in [0.2, 0.25) is 0 Å². The lowest BCUT2D eigenvalue weighted by atomic mass is 10.2. The molecule has 0 fully saturated rings. The molecular weight excluding hydrogens is 222 g/mol. The molecule has 0 saturated heterocycles.